The molecule has 1 amide bonds. The maximum atomic E-state index is 13.2. The predicted octanol–water partition coefficient (Wildman–Crippen LogP) is 4.28. The van der Waals surface area contributed by atoms with Crippen molar-refractivity contribution in [1.82, 2.24) is 0 Å². The topological polar surface area (TPSA) is 65.4 Å². The van der Waals surface area contributed by atoms with E-state index in [1.165, 1.54) is 23.4 Å². The number of halogens is 2. The summed E-state index contributed by atoms with van der Waals surface area (Å²) >= 11 is 5.68. The number of para-hydroxylation sites is 1. The number of nitriles is 1. The van der Waals surface area contributed by atoms with Crippen molar-refractivity contribution < 1.29 is 14.0 Å². The van der Waals surface area contributed by atoms with Gasteiger partial charge >= 0.3 is 0 Å². The Morgan fingerprint density at radius 3 is 2.68 bits per heavy atom. The molecule has 0 fully saturated rings. The lowest BCUT2D eigenvalue weighted by molar-refractivity contribution is -0.112. The minimum Gasteiger partial charge on any atom is -0.321 e. The molecule has 0 unspecified atom stereocenters. The van der Waals surface area contributed by atoms with Gasteiger partial charge in [0.1, 0.15) is 17.5 Å². The van der Waals surface area contributed by atoms with Crippen LogP contribution in [0.15, 0.2) is 60.3 Å². The molecular weight excluding hydrogens is 345 g/mol. The maximum absolute atomic E-state index is 13.2. The van der Waals surface area contributed by atoms with Crippen LogP contribution in [0, 0.1) is 17.1 Å². The number of nitrogens with one attached hydrogen (secondary N) is 1. The third kappa shape index (κ3) is 5.05. The van der Waals surface area contributed by atoms with Gasteiger partial charge in [-0.25, -0.2) is 9.45 Å². The Morgan fingerprint density at radius 2 is 2.08 bits per heavy atom. The third-order valence-corrected chi connectivity index (χ3v) is 3.36. The Labute approximate surface area is 149 Å². The Hall–Kier alpha value is -2.88. The summed E-state index contributed by atoms with van der Waals surface area (Å²) in [7, 11) is 0. The number of hydrogen-bond acceptors (Lipinski definition) is 4. The fourth-order valence-corrected chi connectivity index (χ4v) is 2.11. The molecule has 5 nitrogen and oxygen atoms in total. The molecule has 0 radical (unpaired) electrons. The van der Waals surface area contributed by atoms with E-state index in [1.807, 2.05) is 24.3 Å². The molecule has 2 aromatic rings. The summed E-state index contributed by atoms with van der Waals surface area (Å²) < 4.78 is 13.2. The van der Waals surface area contributed by atoms with Gasteiger partial charge in [-0.3, -0.25) is 9.63 Å². The van der Waals surface area contributed by atoms with Gasteiger partial charge in [0.25, 0.3) is 5.91 Å². The molecule has 0 saturated carbocycles. The van der Waals surface area contributed by atoms with E-state index in [2.05, 4.69) is 5.32 Å². The molecule has 2 rings (SSSR count). The summed E-state index contributed by atoms with van der Waals surface area (Å²) in [5, 5.41) is 13.0. The van der Waals surface area contributed by atoms with Crippen LogP contribution in [0.2, 0.25) is 5.02 Å². The average Bonchev–Trinajstić information content (AvgIpc) is 2.62. The van der Waals surface area contributed by atoms with E-state index >= 15 is 0 Å². The number of carbonyl (C=O) groups excluding carboxylic acids is 1. The van der Waals surface area contributed by atoms with Crippen LogP contribution in [0.1, 0.15) is 6.92 Å². The lowest BCUT2D eigenvalue weighted by Gasteiger charge is -2.19. The number of hydroxylamine groups is 1. The molecule has 2 aromatic carbocycles. The highest BCUT2D eigenvalue weighted by molar-refractivity contribution is 6.31. The monoisotopic (exact) mass is 359 g/mol. The summed E-state index contributed by atoms with van der Waals surface area (Å²) in [5.41, 5.74) is 0.757. The van der Waals surface area contributed by atoms with Gasteiger partial charge in [0, 0.05) is 5.69 Å². The van der Waals surface area contributed by atoms with Gasteiger partial charge in [-0.1, -0.05) is 29.8 Å². The van der Waals surface area contributed by atoms with Crippen LogP contribution < -0.4 is 10.4 Å². The number of amides is 1. The number of rotatable bonds is 6. The van der Waals surface area contributed by atoms with Crippen LogP contribution in [0.25, 0.3) is 0 Å². The Morgan fingerprint density at radius 1 is 1.36 bits per heavy atom. The second-order valence-electron chi connectivity index (χ2n) is 4.82. The zero-order valence-electron chi connectivity index (χ0n) is 13.4. The van der Waals surface area contributed by atoms with Crippen molar-refractivity contribution in [3.8, 4) is 6.07 Å². The largest absolute Gasteiger partial charge is 0.321 e. The molecule has 0 aliphatic heterocycles. The van der Waals surface area contributed by atoms with Crippen LogP contribution in [-0.4, -0.2) is 12.5 Å². The van der Waals surface area contributed by atoms with Crippen molar-refractivity contribution in [1.29, 1.82) is 5.26 Å². The van der Waals surface area contributed by atoms with Crippen molar-refractivity contribution in [2.75, 3.05) is 17.0 Å². The Bertz CT molecular complexity index is 819. The molecule has 0 bridgehead atoms. The van der Waals surface area contributed by atoms with E-state index in [-0.39, 0.29) is 16.3 Å². The molecule has 7 heteroatoms. The summed E-state index contributed by atoms with van der Waals surface area (Å²) in [6, 6.07) is 14.6. The van der Waals surface area contributed by atoms with E-state index in [1.54, 1.807) is 19.1 Å². The highest BCUT2D eigenvalue weighted by Gasteiger charge is 2.14. The van der Waals surface area contributed by atoms with Gasteiger partial charge in [0.15, 0.2) is 0 Å². The number of benzene rings is 2. The van der Waals surface area contributed by atoms with Gasteiger partial charge in [0.05, 0.1) is 23.5 Å². The van der Waals surface area contributed by atoms with Crippen LogP contribution in [0.5, 0.6) is 0 Å². The number of anilines is 2. The van der Waals surface area contributed by atoms with Gasteiger partial charge in [-0.2, -0.15) is 5.26 Å². The van der Waals surface area contributed by atoms with Gasteiger partial charge in [-0.05, 0) is 37.3 Å². The molecule has 128 valence electrons. The van der Waals surface area contributed by atoms with E-state index in [0.29, 0.717) is 12.3 Å². The molecule has 0 aliphatic carbocycles. The molecule has 0 spiro atoms. The number of carbonyl (C=O) groups is 1. The van der Waals surface area contributed by atoms with Crippen LogP contribution in [-0.2, 0) is 9.63 Å². The lowest BCUT2D eigenvalue weighted by Crippen LogP contribution is -2.21. The molecule has 25 heavy (non-hydrogen) atoms. The quantitative estimate of drug-likeness (QED) is 0.475. The summed E-state index contributed by atoms with van der Waals surface area (Å²) in [6.07, 6.45) is 1.29. The van der Waals surface area contributed by atoms with Crippen LogP contribution in [0.3, 0.4) is 0 Å². The molecule has 0 atom stereocenters. The Balaban J connectivity index is 2.23. The minimum absolute atomic E-state index is 0.125. The standard InChI is InChI=1S/C18H15ClFN3O2/c1-2-25-23(15-6-4-3-5-7-15)12-13(11-21)18(24)22-14-8-9-17(20)16(19)10-14/h3-10,12H,2H2,1H3,(H,22,24). The van der Waals surface area contributed by atoms with Gasteiger partial charge in [-0.15, -0.1) is 0 Å². The zero-order chi connectivity index (χ0) is 18.2. The summed E-state index contributed by atoms with van der Waals surface area (Å²) in [5.74, 6) is -1.26. The first kappa shape index (κ1) is 18.5. The van der Waals surface area contributed by atoms with Gasteiger partial charge in [0.2, 0.25) is 0 Å². The van der Waals surface area contributed by atoms with E-state index < -0.39 is 11.7 Å². The normalized spacial score (nSPS) is 10.9. The number of hydrogen-bond donors (Lipinski definition) is 1. The lowest BCUT2D eigenvalue weighted by atomic mass is 10.2. The van der Waals surface area contributed by atoms with Crippen LogP contribution in [0.4, 0.5) is 15.8 Å². The number of nitrogens with zero attached hydrogens (tertiary/aromatic N) is 2. The van der Waals surface area contributed by atoms with E-state index in [9.17, 15) is 14.4 Å². The van der Waals surface area contributed by atoms with Crippen molar-refractivity contribution in [2.24, 2.45) is 0 Å². The van der Waals surface area contributed by atoms with Crippen molar-refractivity contribution >= 4 is 28.9 Å². The average molecular weight is 360 g/mol. The third-order valence-electron chi connectivity index (χ3n) is 3.07. The summed E-state index contributed by atoms with van der Waals surface area (Å²) in [4.78, 5) is 17.7. The Kier molecular flexibility index (Phi) is 6.52. The highest BCUT2D eigenvalue weighted by Crippen LogP contribution is 2.20. The van der Waals surface area contributed by atoms with Gasteiger partial charge < -0.3 is 5.32 Å². The molecule has 0 aliphatic rings. The smallest absolute Gasteiger partial charge is 0.267 e. The molecule has 0 aromatic heterocycles. The fourth-order valence-electron chi connectivity index (χ4n) is 1.93. The predicted molar refractivity (Wildman–Crippen MR) is 94.3 cm³/mol. The fraction of sp³-hybridized carbons (Fsp3) is 0.111. The van der Waals surface area contributed by atoms with Crippen LogP contribution >= 0.6 is 11.6 Å². The first-order valence-corrected chi connectivity index (χ1v) is 7.78. The molecule has 0 heterocycles. The SMILES string of the molecule is CCON(C=C(C#N)C(=O)Nc1ccc(F)c(Cl)c1)c1ccccc1. The zero-order valence-corrected chi connectivity index (χ0v) is 14.1. The summed E-state index contributed by atoms with van der Waals surface area (Å²) in [6.45, 7) is 2.13. The van der Waals surface area contributed by atoms with E-state index in [4.69, 9.17) is 16.4 Å². The van der Waals surface area contributed by atoms with Crippen molar-refractivity contribution in [3.05, 3.63) is 71.1 Å². The highest BCUT2D eigenvalue weighted by atomic mass is 35.5. The maximum Gasteiger partial charge on any atom is 0.267 e. The molecular formula is C18H15ClFN3O2. The second-order valence-corrected chi connectivity index (χ2v) is 5.22. The van der Waals surface area contributed by atoms with E-state index in [0.717, 1.165) is 6.07 Å². The molecule has 1 N–H and O–H groups in total. The first-order valence-electron chi connectivity index (χ1n) is 7.40. The first-order chi connectivity index (χ1) is 12.0. The van der Waals surface area contributed by atoms with Crippen molar-refractivity contribution in [2.45, 2.75) is 6.92 Å². The minimum atomic E-state index is -0.661. The second kappa shape index (κ2) is 8.83. The van der Waals surface area contributed by atoms with Crippen molar-refractivity contribution in [3.63, 3.8) is 0 Å². The molecule has 0 saturated heterocycles.